The Labute approximate surface area is 119 Å². The van der Waals surface area contributed by atoms with Crippen molar-refractivity contribution < 1.29 is 9.59 Å². The maximum atomic E-state index is 11.6. The molecule has 1 aliphatic heterocycles. The Hall–Kier alpha value is -1.87. The number of amides is 1. The third kappa shape index (κ3) is 2.47. The summed E-state index contributed by atoms with van der Waals surface area (Å²) in [6.45, 7) is 2.40. The Bertz CT molecular complexity index is 607. The van der Waals surface area contributed by atoms with Crippen LogP contribution < -0.4 is 10.2 Å². The SMILES string of the molecule is CC(C#N)CN(C)c1cc2c(cc1Br)C(=O)C(=O)N2. The second-order valence-electron chi connectivity index (χ2n) is 4.54. The Balaban J connectivity index is 2.35. The van der Waals surface area contributed by atoms with E-state index in [4.69, 9.17) is 5.26 Å². The molecule has 0 saturated heterocycles. The van der Waals surface area contributed by atoms with Crippen molar-refractivity contribution in [3.8, 4) is 6.07 Å². The van der Waals surface area contributed by atoms with Gasteiger partial charge in [0, 0.05) is 18.1 Å². The highest BCUT2D eigenvalue weighted by Gasteiger charge is 2.29. The Morgan fingerprint density at radius 2 is 2.16 bits per heavy atom. The standard InChI is InChI=1S/C13H12BrN3O2/c1-7(5-15)6-17(2)11-4-10-8(3-9(11)14)12(18)13(19)16-10/h3-4,7H,6H2,1-2H3,(H,16,18,19). The van der Waals surface area contributed by atoms with Gasteiger partial charge < -0.3 is 10.2 Å². The van der Waals surface area contributed by atoms with E-state index >= 15 is 0 Å². The van der Waals surface area contributed by atoms with E-state index in [9.17, 15) is 9.59 Å². The third-order valence-electron chi connectivity index (χ3n) is 2.97. The topological polar surface area (TPSA) is 73.2 Å². The number of ketones is 1. The zero-order valence-electron chi connectivity index (χ0n) is 10.5. The van der Waals surface area contributed by atoms with E-state index < -0.39 is 11.7 Å². The molecule has 19 heavy (non-hydrogen) atoms. The first-order valence-corrected chi connectivity index (χ1v) is 6.53. The number of nitriles is 1. The van der Waals surface area contributed by atoms with Gasteiger partial charge in [-0.15, -0.1) is 0 Å². The van der Waals surface area contributed by atoms with E-state index in [0.717, 1.165) is 10.2 Å². The maximum absolute atomic E-state index is 11.6. The number of hydrogen-bond acceptors (Lipinski definition) is 4. The fraction of sp³-hybridized carbons (Fsp3) is 0.308. The summed E-state index contributed by atoms with van der Waals surface area (Å²) in [5, 5.41) is 11.4. The van der Waals surface area contributed by atoms with E-state index in [0.29, 0.717) is 17.8 Å². The molecule has 0 aromatic heterocycles. The lowest BCUT2D eigenvalue weighted by Gasteiger charge is -2.22. The normalized spacial score (nSPS) is 14.6. The number of Topliss-reactive ketones (excluding diaryl/α,β-unsaturated/α-hetero) is 1. The number of benzene rings is 1. The molecular formula is C13H12BrN3O2. The molecule has 0 bridgehead atoms. The van der Waals surface area contributed by atoms with E-state index in [1.807, 2.05) is 18.9 Å². The first kappa shape index (κ1) is 13.6. The molecule has 0 aliphatic carbocycles. The van der Waals surface area contributed by atoms with Crippen LogP contribution >= 0.6 is 15.9 Å². The lowest BCUT2D eigenvalue weighted by Crippen LogP contribution is -2.23. The predicted octanol–water partition coefficient (Wildman–Crippen LogP) is 2.18. The van der Waals surface area contributed by atoms with E-state index in [1.165, 1.54) is 0 Å². The first-order valence-electron chi connectivity index (χ1n) is 5.74. The molecule has 1 amide bonds. The Morgan fingerprint density at radius 3 is 2.79 bits per heavy atom. The molecule has 0 radical (unpaired) electrons. The number of hydrogen-bond donors (Lipinski definition) is 1. The fourth-order valence-electron chi connectivity index (χ4n) is 2.00. The van der Waals surface area contributed by atoms with Gasteiger partial charge in [0.1, 0.15) is 0 Å². The van der Waals surface area contributed by atoms with Gasteiger partial charge in [0.05, 0.1) is 28.9 Å². The molecule has 0 saturated carbocycles. The van der Waals surface area contributed by atoms with Crippen LogP contribution in [0.3, 0.4) is 0 Å². The highest BCUT2D eigenvalue weighted by Crippen LogP contribution is 2.35. The van der Waals surface area contributed by atoms with Crippen molar-refractivity contribution in [3.63, 3.8) is 0 Å². The van der Waals surface area contributed by atoms with Gasteiger partial charge in [-0.3, -0.25) is 9.59 Å². The monoisotopic (exact) mass is 321 g/mol. The smallest absolute Gasteiger partial charge is 0.296 e. The van der Waals surface area contributed by atoms with Crippen LogP contribution in [-0.2, 0) is 4.79 Å². The van der Waals surface area contributed by atoms with Crippen LogP contribution in [0.25, 0.3) is 0 Å². The molecule has 1 aromatic carbocycles. The third-order valence-corrected chi connectivity index (χ3v) is 3.60. The maximum Gasteiger partial charge on any atom is 0.296 e. The molecule has 1 atom stereocenters. The summed E-state index contributed by atoms with van der Waals surface area (Å²) in [4.78, 5) is 24.8. The Morgan fingerprint density at radius 1 is 1.47 bits per heavy atom. The summed E-state index contributed by atoms with van der Waals surface area (Å²) in [6, 6.07) is 5.55. The van der Waals surface area contributed by atoms with Gasteiger partial charge in [0.2, 0.25) is 0 Å². The van der Waals surface area contributed by atoms with Crippen molar-refractivity contribution in [2.75, 3.05) is 23.8 Å². The number of nitrogens with one attached hydrogen (secondary N) is 1. The molecule has 1 heterocycles. The second-order valence-corrected chi connectivity index (χ2v) is 5.40. The van der Waals surface area contributed by atoms with Gasteiger partial charge >= 0.3 is 0 Å². The van der Waals surface area contributed by atoms with Crippen LogP contribution in [0.5, 0.6) is 0 Å². The molecule has 6 heteroatoms. The van der Waals surface area contributed by atoms with Gasteiger partial charge in [-0.1, -0.05) is 0 Å². The van der Waals surface area contributed by atoms with Crippen LogP contribution in [0, 0.1) is 17.2 Å². The average Bonchev–Trinajstić information content (AvgIpc) is 2.64. The first-order chi connectivity index (χ1) is 8.93. The van der Waals surface area contributed by atoms with Gasteiger partial charge in [0.15, 0.2) is 0 Å². The molecule has 2 rings (SSSR count). The molecule has 1 N–H and O–H groups in total. The molecule has 98 valence electrons. The van der Waals surface area contributed by atoms with Crippen LogP contribution in [0.1, 0.15) is 17.3 Å². The quantitative estimate of drug-likeness (QED) is 0.866. The number of carbonyl (C=O) groups is 2. The highest BCUT2D eigenvalue weighted by molar-refractivity contribution is 9.10. The molecular weight excluding hydrogens is 310 g/mol. The number of anilines is 2. The average molecular weight is 322 g/mol. The number of fused-ring (bicyclic) bond motifs is 1. The summed E-state index contributed by atoms with van der Waals surface area (Å²) in [6.07, 6.45) is 0. The highest BCUT2D eigenvalue weighted by atomic mass is 79.9. The van der Waals surface area contributed by atoms with E-state index in [2.05, 4.69) is 27.3 Å². The van der Waals surface area contributed by atoms with Crippen molar-refractivity contribution in [3.05, 3.63) is 22.2 Å². The van der Waals surface area contributed by atoms with Gasteiger partial charge in [-0.05, 0) is 35.0 Å². The van der Waals surface area contributed by atoms with E-state index in [1.54, 1.807) is 12.1 Å². The molecule has 1 aromatic rings. The largest absolute Gasteiger partial charge is 0.372 e. The van der Waals surface area contributed by atoms with Crippen molar-refractivity contribution in [1.82, 2.24) is 0 Å². The zero-order valence-corrected chi connectivity index (χ0v) is 12.1. The summed E-state index contributed by atoms with van der Waals surface area (Å²) in [7, 11) is 1.86. The van der Waals surface area contributed by atoms with Crippen LogP contribution in [0.4, 0.5) is 11.4 Å². The number of carbonyl (C=O) groups excluding carboxylic acids is 2. The summed E-state index contributed by atoms with van der Waals surface area (Å²) < 4.78 is 0.726. The number of rotatable bonds is 3. The van der Waals surface area contributed by atoms with Crippen molar-refractivity contribution in [2.24, 2.45) is 5.92 Å². The number of nitrogens with zero attached hydrogens (tertiary/aromatic N) is 2. The summed E-state index contributed by atoms with van der Waals surface area (Å²) in [5.41, 5.74) is 1.72. The predicted molar refractivity (Wildman–Crippen MR) is 75.1 cm³/mol. The van der Waals surface area contributed by atoms with Crippen molar-refractivity contribution in [1.29, 1.82) is 5.26 Å². The minimum atomic E-state index is -0.605. The molecule has 5 nitrogen and oxygen atoms in total. The molecule has 0 spiro atoms. The number of halogens is 1. The fourth-order valence-corrected chi connectivity index (χ4v) is 2.64. The van der Waals surface area contributed by atoms with Crippen LogP contribution in [0.2, 0.25) is 0 Å². The van der Waals surface area contributed by atoms with Crippen molar-refractivity contribution >= 4 is 39.0 Å². The minimum Gasteiger partial charge on any atom is -0.372 e. The zero-order chi connectivity index (χ0) is 14.2. The lowest BCUT2D eigenvalue weighted by atomic mass is 10.1. The molecule has 1 aliphatic rings. The Kier molecular flexibility index (Phi) is 3.58. The van der Waals surface area contributed by atoms with Crippen molar-refractivity contribution in [2.45, 2.75) is 6.92 Å². The summed E-state index contributed by atoms with van der Waals surface area (Å²) >= 11 is 3.39. The van der Waals surface area contributed by atoms with Gasteiger partial charge in [-0.25, -0.2) is 0 Å². The lowest BCUT2D eigenvalue weighted by molar-refractivity contribution is -0.112. The van der Waals surface area contributed by atoms with Crippen LogP contribution in [-0.4, -0.2) is 25.3 Å². The summed E-state index contributed by atoms with van der Waals surface area (Å²) in [5.74, 6) is -1.23. The molecule has 0 fully saturated rings. The second kappa shape index (κ2) is 5.02. The minimum absolute atomic E-state index is 0.110. The molecule has 1 unspecified atom stereocenters. The van der Waals surface area contributed by atoms with Crippen LogP contribution in [0.15, 0.2) is 16.6 Å². The van der Waals surface area contributed by atoms with Gasteiger partial charge in [-0.2, -0.15) is 5.26 Å². The van der Waals surface area contributed by atoms with Gasteiger partial charge in [0.25, 0.3) is 11.7 Å². The van der Waals surface area contributed by atoms with E-state index in [-0.39, 0.29) is 5.92 Å².